The van der Waals surface area contributed by atoms with Crippen LogP contribution < -0.4 is 14.4 Å². The number of hydrogen-bond donors (Lipinski definition) is 0. The molecule has 0 radical (unpaired) electrons. The summed E-state index contributed by atoms with van der Waals surface area (Å²) in [6.07, 6.45) is 1.05. The Bertz CT molecular complexity index is 1200. The van der Waals surface area contributed by atoms with Gasteiger partial charge in [0.15, 0.2) is 15.0 Å². The van der Waals surface area contributed by atoms with Crippen molar-refractivity contribution in [1.29, 1.82) is 0 Å². The Morgan fingerprint density at radius 2 is 1.75 bits per heavy atom. The molecule has 10 heteroatoms. The molecule has 170 valence electrons. The zero-order valence-electron chi connectivity index (χ0n) is 17.5. The molecule has 0 bridgehead atoms. The van der Waals surface area contributed by atoms with E-state index in [1.165, 1.54) is 0 Å². The van der Waals surface area contributed by atoms with Crippen molar-refractivity contribution in [2.75, 3.05) is 32.2 Å². The van der Waals surface area contributed by atoms with E-state index in [-0.39, 0.29) is 9.92 Å². The summed E-state index contributed by atoms with van der Waals surface area (Å²) in [5.41, 5.74) is 1.74. The summed E-state index contributed by atoms with van der Waals surface area (Å²) in [7, 11) is -0.261. The van der Waals surface area contributed by atoms with E-state index in [1.807, 2.05) is 23.6 Å². The Kier molecular flexibility index (Phi) is 7.00. The number of methoxy groups -OCH3 is 2. The Hall–Kier alpha value is -1.81. The second-order valence-electron chi connectivity index (χ2n) is 7.42. The van der Waals surface area contributed by atoms with Gasteiger partial charge in [-0.15, -0.1) is 11.3 Å². The normalized spacial score (nSPS) is 15.1. The maximum Gasteiger partial charge on any atom is 0.185 e. The van der Waals surface area contributed by atoms with Gasteiger partial charge < -0.3 is 14.4 Å². The third-order valence-electron chi connectivity index (χ3n) is 5.49. The van der Waals surface area contributed by atoms with Crippen LogP contribution in [0.5, 0.6) is 11.5 Å². The van der Waals surface area contributed by atoms with Crippen molar-refractivity contribution < 1.29 is 17.9 Å². The number of nitrogens with zero attached hydrogens (tertiary/aromatic N) is 2. The molecule has 6 nitrogen and oxygen atoms in total. The number of aromatic nitrogens is 1. The molecule has 0 amide bonds. The first-order chi connectivity index (χ1) is 15.3. The average Bonchev–Trinajstić information content (AvgIpc) is 3.29. The van der Waals surface area contributed by atoms with Crippen molar-refractivity contribution in [3.05, 3.63) is 51.3 Å². The molecular weight excluding hydrogens is 536 g/mol. The van der Waals surface area contributed by atoms with Crippen LogP contribution >= 0.6 is 38.9 Å². The number of sulfone groups is 1. The minimum Gasteiger partial charge on any atom is -0.497 e. The van der Waals surface area contributed by atoms with Crippen LogP contribution in [0.2, 0.25) is 5.02 Å². The van der Waals surface area contributed by atoms with E-state index in [9.17, 15) is 8.42 Å². The highest BCUT2D eigenvalue weighted by atomic mass is 79.9. The van der Waals surface area contributed by atoms with E-state index in [4.69, 9.17) is 26.1 Å². The van der Waals surface area contributed by atoms with Gasteiger partial charge in [0.05, 0.1) is 35.1 Å². The summed E-state index contributed by atoms with van der Waals surface area (Å²) in [5.74, 6) is 1.40. The summed E-state index contributed by atoms with van der Waals surface area (Å²) < 4.78 is 37.7. The molecule has 32 heavy (non-hydrogen) atoms. The maximum absolute atomic E-state index is 13.1. The predicted octanol–water partition coefficient (Wildman–Crippen LogP) is 5.69. The fourth-order valence-corrected chi connectivity index (χ4v) is 7.40. The summed E-state index contributed by atoms with van der Waals surface area (Å²) in [5, 5.41) is 2.66. The molecule has 1 saturated heterocycles. The van der Waals surface area contributed by atoms with E-state index in [0.717, 1.165) is 20.9 Å². The third kappa shape index (κ3) is 4.76. The van der Waals surface area contributed by atoms with Gasteiger partial charge in [0.1, 0.15) is 11.5 Å². The molecule has 1 aliphatic rings. The lowest BCUT2D eigenvalue weighted by Gasteiger charge is -2.31. The lowest BCUT2D eigenvalue weighted by Crippen LogP contribution is -2.39. The standard InChI is InChI=1S/C22H22BrClN2O4S2/c1-29-16-9-14(10-17(12-16)30-2)20-13-31-22(25-20)26-7-5-18(6-8-26)32(27,28)21-4-3-15(23)11-19(21)24/h3-4,9-13,18H,5-8H2,1-2H3. The van der Waals surface area contributed by atoms with Gasteiger partial charge in [-0.1, -0.05) is 27.5 Å². The third-order valence-corrected chi connectivity index (χ3v) is 9.63. The van der Waals surface area contributed by atoms with Crippen LogP contribution in [0, 0.1) is 0 Å². The molecule has 1 fully saturated rings. The largest absolute Gasteiger partial charge is 0.497 e. The van der Waals surface area contributed by atoms with Gasteiger partial charge in [-0.3, -0.25) is 0 Å². The number of ether oxygens (including phenoxy) is 2. The molecule has 0 spiro atoms. The van der Waals surface area contributed by atoms with Crippen molar-refractivity contribution in [2.45, 2.75) is 23.0 Å². The van der Waals surface area contributed by atoms with Gasteiger partial charge in [0.2, 0.25) is 0 Å². The van der Waals surface area contributed by atoms with Crippen LogP contribution in [-0.2, 0) is 9.84 Å². The summed E-state index contributed by atoms with van der Waals surface area (Å²) in [6.45, 7) is 1.23. The number of rotatable bonds is 6. The van der Waals surface area contributed by atoms with Gasteiger partial charge in [-0.2, -0.15) is 0 Å². The minimum absolute atomic E-state index is 0.198. The number of benzene rings is 2. The van der Waals surface area contributed by atoms with Crippen molar-refractivity contribution >= 4 is 53.8 Å². The van der Waals surface area contributed by atoms with Crippen LogP contribution in [0.15, 0.2) is 51.1 Å². The first kappa shape index (κ1) is 23.4. The maximum atomic E-state index is 13.1. The highest BCUT2D eigenvalue weighted by molar-refractivity contribution is 9.10. The van der Waals surface area contributed by atoms with Crippen molar-refractivity contribution in [2.24, 2.45) is 0 Å². The first-order valence-corrected chi connectivity index (χ1v) is 13.5. The van der Waals surface area contributed by atoms with Crippen LogP contribution in [-0.4, -0.2) is 46.0 Å². The molecule has 1 aliphatic heterocycles. The Morgan fingerprint density at radius 3 is 2.34 bits per heavy atom. The smallest absolute Gasteiger partial charge is 0.185 e. The lowest BCUT2D eigenvalue weighted by atomic mass is 10.1. The van der Waals surface area contributed by atoms with Gasteiger partial charge >= 0.3 is 0 Å². The van der Waals surface area contributed by atoms with Gasteiger partial charge in [-0.25, -0.2) is 13.4 Å². The van der Waals surface area contributed by atoms with Crippen LogP contribution in [0.4, 0.5) is 5.13 Å². The Morgan fingerprint density at radius 1 is 1.09 bits per heavy atom. The van der Waals surface area contributed by atoms with Crippen molar-refractivity contribution in [3.8, 4) is 22.8 Å². The average molecular weight is 558 g/mol. The fraction of sp³-hybridized carbons (Fsp3) is 0.318. The van der Waals surface area contributed by atoms with E-state index in [0.29, 0.717) is 37.4 Å². The molecule has 2 aromatic carbocycles. The van der Waals surface area contributed by atoms with E-state index >= 15 is 0 Å². The molecule has 1 aromatic heterocycles. The highest BCUT2D eigenvalue weighted by Gasteiger charge is 2.33. The Labute approximate surface area is 205 Å². The van der Waals surface area contributed by atoms with Gasteiger partial charge in [0.25, 0.3) is 0 Å². The SMILES string of the molecule is COc1cc(OC)cc(-c2csc(N3CCC(S(=O)(=O)c4ccc(Br)cc4Cl)CC3)n2)c1. The molecule has 3 aromatic rings. The molecule has 0 saturated carbocycles. The fourth-order valence-electron chi connectivity index (χ4n) is 3.74. The quantitative estimate of drug-likeness (QED) is 0.388. The first-order valence-electron chi connectivity index (χ1n) is 9.94. The topological polar surface area (TPSA) is 68.7 Å². The lowest BCUT2D eigenvalue weighted by molar-refractivity contribution is 0.394. The number of anilines is 1. The number of thiazole rings is 1. The zero-order chi connectivity index (χ0) is 22.9. The highest BCUT2D eigenvalue weighted by Crippen LogP contribution is 2.35. The monoisotopic (exact) mass is 556 g/mol. The van der Waals surface area contributed by atoms with Crippen molar-refractivity contribution in [3.63, 3.8) is 0 Å². The summed E-state index contributed by atoms with van der Waals surface area (Å²) >= 11 is 11.1. The second-order valence-corrected chi connectivity index (χ2v) is 11.8. The molecule has 0 unspecified atom stereocenters. The Balaban J connectivity index is 1.48. The van der Waals surface area contributed by atoms with Crippen LogP contribution in [0.25, 0.3) is 11.3 Å². The van der Waals surface area contributed by atoms with Crippen LogP contribution in [0.1, 0.15) is 12.8 Å². The molecular formula is C22H22BrClN2O4S2. The van der Waals surface area contributed by atoms with E-state index in [1.54, 1.807) is 43.8 Å². The van der Waals surface area contributed by atoms with Gasteiger partial charge in [-0.05, 0) is 43.2 Å². The molecule has 0 aliphatic carbocycles. The summed E-state index contributed by atoms with van der Waals surface area (Å²) in [4.78, 5) is 7.12. The molecule has 0 N–H and O–H groups in total. The van der Waals surface area contributed by atoms with Gasteiger partial charge in [0, 0.05) is 34.6 Å². The van der Waals surface area contributed by atoms with Crippen LogP contribution in [0.3, 0.4) is 0 Å². The number of halogens is 2. The number of piperidine rings is 1. The van der Waals surface area contributed by atoms with Crippen molar-refractivity contribution in [1.82, 2.24) is 4.98 Å². The zero-order valence-corrected chi connectivity index (χ0v) is 21.5. The minimum atomic E-state index is -3.49. The van der Waals surface area contributed by atoms with E-state index < -0.39 is 15.1 Å². The second kappa shape index (κ2) is 9.59. The number of hydrogen-bond acceptors (Lipinski definition) is 7. The summed E-state index contributed by atoms with van der Waals surface area (Å²) in [6, 6.07) is 10.6. The predicted molar refractivity (Wildman–Crippen MR) is 132 cm³/mol. The molecule has 4 rings (SSSR count). The molecule has 2 heterocycles. The van der Waals surface area contributed by atoms with E-state index in [2.05, 4.69) is 20.8 Å². The molecule has 0 atom stereocenters.